The summed E-state index contributed by atoms with van der Waals surface area (Å²) in [7, 11) is 0. The molecule has 0 radical (unpaired) electrons. The lowest BCUT2D eigenvalue weighted by Gasteiger charge is -2.20. The summed E-state index contributed by atoms with van der Waals surface area (Å²) in [6.07, 6.45) is 7.94. The van der Waals surface area contributed by atoms with E-state index in [1.54, 1.807) is 0 Å². The predicted octanol–water partition coefficient (Wildman–Crippen LogP) is 1.46. The molecule has 4 rings (SSSR count). The summed E-state index contributed by atoms with van der Waals surface area (Å²) in [4.78, 5) is 16.4. The average molecular weight is 288 g/mol. The molecule has 3 aliphatic rings. The smallest absolute Gasteiger partial charge is 0.220 e. The van der Waals surface area contributed by atoms with Crippen LogP contribution < -0.4 is 10.6 Å². The first kappa shape index (κ1) is 13.3. The molecule has 21 heavy (non-hydrogen) atoms. The Morgan fingerprint density at radius 2 is 2.05 bits per heavy atom. The summed E-state index contributed by atoms with van der Waals surface area (Å²) >= 11 is 0. The maximum absolute atomic E-state index is 11.5. The Bertz CT molecular complexity index is 545. The lowest BCUT2D eigenvalue weighted by molar-refractivity contribution is -0.119. The van der Waals surface area contributed by atoms with Crippen LogP contribution in [-0.2, 0) is 24.3 Å². The average Bonchev–Trinajstić information content (AvgIpc) is 3.20. The summed E-state index contributed by atoms with van der Waals surface area (Å²) in [5.74, 6) is 2.13. The van der Waals surface area contributed by atoms with Crippen molar-refractivity contribution in [2.75, 3.05) is 6.54 Å². The van der Waals surface area contributed by atoms with E-state index in [2.05, 4.69) is 15.2 Å². The highest BCUT2D eigenvalue weighted by atomic mass is 16.1. The van der Waals surface area contributed by atoms with E-state index < -0.39 is 0 Å². The third kappa shape index (κ3) is 2.48. The molecule has 1 atom stereocenters. The number of carbonyl (C=O) groups excluding carboxylic acids is 1. The van der Waals surface area contributed by atoms with Gasteiger partial charge in [0.15, 0.2) is 0 Å². The van der Waals surface area contributed by atoms with Gasteiger partial charge in [0.1, 0.15) is 5.82 Å². The molecule has 5 nitrogen and oxygen atoms in total. The first-order chi connectivity index (χ1) is 10.3. The van der Waals surface area contributed by atoms with Crippen LogP contribution in [-0.4, -0.2) is 28.0 Å². The van der Waals surface area contributed by atoms with Crippen molar-refractivity contribution in [1.29, 1.82) is 0 Å². The first-order valence-corrected chi connectivity index (χ1v) is 8.39. The number of hydrogen-bond donors (Lipinski definition) is 2. The normalized spacial score (nSPS) is 26.1. The summed E-state index contributed by atoms with van der Waals surface area (Å²) in [5, 5.41) is 6.54. The fourth-order valence-electron chi connectivity index (χ4n) is 4.13. The van der Waals surface area contributed by atoms with Gasteiger partial charge in [-0.25, -0.2) is 4.98 Å². The number of amides is 1. The summed E-state index contributed by atoms with van der Waals surface area (Å²) in [6, 6.07) is 0.297. The minimum atomic E-state index is 0.207. The van der Waals surface area contributed by atoms with Gasteiger partial charge in [0, 0.05) is 50.1 Å². The number of aromatic nitrogens is 2. The molecule has 1 aromatic rings. The molecule has 0 bridgehead atoms. The highest BCUT2D eigenvalue weighted by Crippen LogP contribution is 2.35. The van der Waals surface area contributed by atoms with E-state index in [1.165, 1.54) is 42.9 Å². The highest BCUT2D eigenvalue weighted by molar-refractivity contribution is 5.78. The predicted molar refractivity (Wildman–Crippen MR) is 80.0 cm³/mol. The molecule has 1 unspecified atom stereocenters. The number of hydrogen-bond acceptors (Lipinski definition) is 3. The fraction of sp³-hybridized carbons (Fsp3) is 0.750. The third-order valence-electron chi connectivity index (χ3n) is 5.22. The maximum Gasteiger partial charge on any atom is 0.220 e. The van der Waals surface area contributed by atoms with E-state index >= 15 is 0 Å². The largest absolute Gasteiger partial charge is 0.352 e. The second-order valence-electron chi connectivity index (χ2n) is 6.69. The van der Waals surface area contributed by atoms with Crippen molar-refractivity contribution in [1.82, 2.24) is 20.2 Å². The summed E-state index contributed by atoms with van der Waals surface area (Å²) in [5.41, 5.74) is 2.66. The molecule has 2 fully saturated rings. The van der Waals surface area contributed by atoms with Gasteiger partial charge in [-0.1, -0.05) is 12.8 Å². The molecule has 2 aliphatic heterocycles. The van der Waals surface area contributed by atoms with Crippen LogP contribution in [0.25, 0.3) is 0 Å². The lowest BCUT2D eigenvalue weighted by Crippen LogP contribution is -2.32. The van der Waals surface area contributed by atoms with Crippen LogP contribution in [0.1, 0.15) is 61.7 Å². The second kappa shape index (κ2) is 5.44. The number of fused-ring (bicyclic) bond motifs is 1. The van der Waals surface area contributed by atoms with E-state index in [4.69, 9.17) is 4.98 Å². The quantitative estimate of drug-likeness (QED) is 0.885. The number of nitrogens with zero attached hydrogens (tertiary/aromatic N) is 2. The van der Waals surface area contributed by atoms with Crippen LogP contribution in [0.5, 0.6) is 0 Å². The number of nitrogens with one attached hydrogen (secondary N) is 2. The molecule has 1 aromatic heterocycles. The summed E-state index contributed by atoms with van der Waals surface area (Å²) < 4.78 is 2.46. The Balaban J connectivity index is 1.65. The fourth-order valence-corrected chi connectivity index (χ4v) is 4.13. The Morgan fingerprint density at radius 3 is 2.81 bits per heavy atom. The molecule has 1 amide bonds. The third-order valence-corrected chi connectivity index (χ3v) is 5.22. The van der Waals surface area contributed by atoms with Gasteiger partial charge in [0.05, 0.1) is 5.69 Å². The Kier molecular flexibility index (Phi) is 3.45. The molecule has 0 spiro atoms. The number of rotatable bonds is 3. The second-order valence-corrected chi connectivity index (χ2v) is 6.69. The van der Waals surface area contributed by atoms with Crippen molar-refractivity contribution in [2.45, 2.75) is 70.0 Å². The molecule has 114 valence electrons. The minimum absolute atomic E-state index is 0.207. The van der Waals surface area contributed by atoms with Crippen molar-refractivity contribution in [3.63, 3.8) is 0 Å². The Hall–Kier alpha value is -1.36. The SMILES string of the molecule is O=C1CCC(Cn2c(C3CCCC3)nc3c2CCNC3)N1. The molecular weight excluding hydrogens is 264 g/mol. The van der Waals surface area contributed by atoms with E-state index in [-0.39, 0.29) is 5.91 Å². The summed E-state index contributed by atoms with van der Waals surface area (Å²) in [6.45, 7) is 2.86. The van der Waals surface area contributed by atoms with Gasteiger partial charge in [-0.2, -0.15) is 0 Å². The van der Waals surface area contributed by atoms with Gasteiger partial charge in [-0.15, -0.1) is 0 Å². The van der Waals surface area contributed by atoms with E-state index in [0.29, 0.717) is 18.4 Å². The zero-order chi connectivity index (χ0) is 14.2. The maximum atomic E-state index is 11.5. The van der Waals surface area contributed by atoms with Crippen molar-refractivity contribution < 1.29 is 4.79 Å². The van der Waals surface area contributed by atoms with Crippen LogP contribution in [0.2, 0.25) is 0 Å². The van der Waals surface area contributed by atoms with Gasteiger partial charge in [-0.3, -0.25) is 4.79 Å². The minimum Gasteiger partial charge on any atom is -0.352 e. The topological polar surface area (TPSA) is 59.0 Å². The molecule has 2 N–H and O–H groups in total. The molecule has 0 aromatic carbocycles. The van der Waals surface area contributed by atoms with Gasteiger partial charge in [-0.05, 0) is 19.3 Å². The molecule has 1 saturated heterocycles. The molecule has 3 heterocycles. The molecule has 5 heteroatoms. The van der Waals surface area contributed by atoms with Crippen LogP contribution in [0.3, 0.4) is 0 Å². The highest BCUT2D eigenvalue weighted by Gasteiger charge is 2.29. The van der Waals surface area contributed by atoms with E-state index in [1.807, 2.05) is 0 Å². The first-order valence-electron chi connectivity index (χ1n) is 8.39. The van der Waals surface area contributed by atoms with Crippen LogP contribution in [0.15, 0.2) is 0 Å². The lowest BCUT2D eigenvalue weighted by atomic mass is 10.1. The Morgan fingerprint density at radius 1 is 1.19 bits per heavy atom. The van der Waals surface area contributed by atoms with Crippen molar-refractivity contribution in [3.05, 3.63) is 17.2 Å². The monoisotopic (exact) mass is 288 g/mol. The Labute approximate surface area is 125 Å². The van der Waals surface area contributed by atoms with Gasteiger partial charge in [0.25, 0.3) is 0 Å². The zero-order valence-electron chi connectivity index (χ0n) is 12.5. The van der Waals surface area contributed by atoms with Crippen LogP contribution in [0, 0.1) is 0 Å². The van der Waals surface area contributed by atoms with Crippen molar-refractivity contribution >= 4 is 5.91 Å². The van der Waals surface area contributed by atoms with Gasteiger partial charge in [0.2, 0.25) is 5.91 Å². The van der Waals surface area contributed by atoms with E-state index in [0.717, 1.165) is 32.5 Å². The molecule has 1 saturated carbocycles. The number of imidazole rings is 1. The molecule has 1 aliphatic carbocycles. The molecular formula is C16H24N4O. The van der Waals surface area contributed by atoms with Crippen LogP contribution in [0.4, 0.5) is 0 Å². The van der Waals surface area contributed by atoms with Gasteiger partial charge >= 0.3 is 0 Å². The van der Waals surface area contributed by atoms with E-state index in [9.17, 15) is 4.79 Å². The van der Waals surface area contributed by atoms with Gasteiger partial charge < -0.3 is 15.2 Å². The van der Waals surface area contributed by atoms with Crippen molar-refractivity contribution in [3.8, 4) is 0 Å². The number of carbonyl (C=O) groups is 1. The van der Waals surface area contributed by atoms with Crippen LogP contribution >= 0.6 is 0 Å². The standard InChI is InChI=1S/C16H24N4O/c21-15-6-5-12(18-15)10-20-14-7-8-17-9-13(14)19-16(20)11-3-1-2-4-11/h11-12,17H,1-10H2,(H,18,21). The van der Waals surface area contributed by atoms with Crippen molar-refractivity contribution in [2.24, 2.45) is 0 Å². The zero-order valence-corrected chi connectivity index (χ0v) is 12.5.